The zero-order valence-electron chi connectivity index (χ0n) is 6.84. The second kappa shape index (κ2) is 3.77. The van der Waals surface area contributed by atoms with Crippen LogP contribution in [-0.2, 0) is 0 Å². The zero-order chi connectivity index (χ0) is 7.40. The number of hydrogen-bond donors (Lipinski definition) is 0. The van der Waals surface area contributed by atoms with Gasteiger partial charge in [-0.05, 0) is 25.8 Å². The Labute approximate surface area is 63.7 Å². The standard InChI is InChI=1S/C9H17N/c1-3-5-8-10(4-2)9-6-7-9/h3,9H,1,4-8H2,2H3. The van der Waals surface area contributed by atoms with E-state index in [-0.39, 0.29) is 0 Å². The van der Waals surface area contributed by atoms with E-state index in [1.807, 2.05) is 6.08 Å². The first-order valence-electron chi connectivity index (χ1n) is 4.23. The molecular formula is C9H17N. The summed E-state index contributed by atoms with van der Waals surface area (Å²) in [4.78, 5) is 2.54. The van der Waals surface area contributed by atoms with Crippen LogP contribution in [0.15, 0.2) is 12.7 Å². The Kier molecular flexibility index (Phi) is 2.94. The molecule has 0 heterocycles. The first-order chi connectivity index (χ1) is 4.88. The largest absolute Gasteiger partial charge is 0.300 e. The highest BCUT2D eigenvalue weighted by Crippen LogP contribution is 2.26. The smallest absolute Gasteiger partial charge is 0.00964 e. The second-order valence-corrected chi connectivity index (χ2v) is 2.94. The van der Waals surface area contributed by atoms with Crippen molar-refractivity contribution in [2.75, 3.05) is 13.1 Å². The molecule has 1 saturated carbocycles. The van der Waals surface area contributed by atoms with E-state index in [9.17, 15) is 0 Å². The average molecular weight is 139 g/mol. The minimum atomic E-state index is 0.921. The van der Waals surface area contributed by atoms with E-state index in [0.717, 1.165) is 12.5 Å². The summed E-state index contributed by atoms with van der Waals surface area (Å²) in [6.07, 6.45) is 5.99. The van der Waals surface area contributed by atoms with Crippen molar-refractivity contribution in [3.63, 3.8) is 0 Å². The van der Waals surface area contributed by atoms with E-state index in [4.69, 9.17) is 0 Å². The fourth-order valence-electron chi connectivity index (χ4n) is 1.30. The van der Waals surface area contributed by atoms with Crippen molar-refractivity contribution < 1.29 is 0 Å². The Morgan fingerprint density at radius 1 is 1.60 bits per heavy atom. The van der Waals surface area contributed by atoms with Gasteiger partial charge in [-0.25, -0.2) is 0 Å². The molecule has 0 aromatic heterocycles. The molecule has 0 spiro atoms. The van der Waals surface area contributed by atoms with Gasteiger partial charge in [0.25, 0.3) is 0 Å². The molecule has 0 aromatic carbocycles. The lowest BCUT2D eigenvalue weighted by Crippen LogP contribution is -2.26. The van der Waals surface area contributed by atoms with Crippen molar-refractivity contribution >= 4 is 0 Å². The molecule has 0 amide bonds. The summed E-state index contributed by atoms with van der Waals surface area (Å²) in [5, 5.41) is 0. The van der Waals surface area contributed by atoms with Gasteiger partial charge in [-0.3, -0.25) is 0 Å². The molecule has 1 fully saturated rings. The molecular weight excluding hydrogens is 122 g/mol. The van der Waals surface area contributed by atoms with Crippen LogP contribution in [0.4, 0.5) is 0 Å². The Morgan fingerprint density at radius 2 is 2.30 bits per heavy atom. The fraction of sp³-hybridized carbons (Fsp3) is 0.778. The average Bonchev–Trinajstić information content (AvgIpc) is 2.73. The van der Waals surface area contributed by atoms with E-state index in [0.29, 0.717) is 0 Å². The minimum Gasteiger partial charge on any atom is -0.300 e. The lowest BCUT2D eigenvalue weighted by molar-refractivity contribution is 0.283. The van der Waals surface area contributed by atoms with Gasteiger partial charge < -0.3 is 4.90 Å². The van der Waals surface area contributed by atoms with Gasteiger partial charge in [0.15, 0.2) is 0 Å². The monoisotopic (exact) mass is 139 g/mol. The molecule has 0 atom stereocenters. The van der Waals surface area contributed by atoms with E-state index >= 15 is 0 Å². The molecule has 0 radical (unpaired) electrons. The minimum absolute atomic E-state index is 0.921. The quantitative estimate of drug-likeness (QED) is 0.527. The summed E-state index contributed by atoms with van der Waals surface area (Å²) in [7, 11) is 0. The molecule has 1 rings (SSSR count). The molecule has 1 heteroatoms. The third-order valence-corrected chi connectivity index (χ3v) is 2.09. The predicted octanol–water partition coefficient (Wildman–Crippen LogP) is 2.05. The van der Waals surface area contributed by atoms with Crippen LogP contribution in [0.5, 0.6) is 0 Å². The van der Waals surface area contributed by atoms with Crippen molar-refractivity contribution in [1.82, 2.24) is 4.90 Å². The van der Waals surface area contributed by atoms with Gasteiger partial charge in [0.1, 0.15) is 0 Å². The Bertz CT molecular complexity index is 105. The number of rotatable bonds is 5. The topological polar surface area (TPSA) is 3.24 Å². The van der Waals surface area contributed by atoms with Gasteiger partial charge in [-0.2, -0.15) is 0 Å². The maximum atomic E-state index is 3.72. The first kappa shape index (κ1) is 7.80. The Hall–Kier alpha value is -0.300. The van der Waals surface area contributed by atoms with Crippen LogP contribution >= 0.6 is 0 Å². The maximum Gasteiger partial charge on any atom is 0.00964 e. The highest BCUT2D eigenvalue weighted by atomic mass is 15.2. The van der Waals surface area contributed by atoms with Gasteiger partial charge in [0.05, 0.1) is 0 Å². The van der Waals surface area contributed by atoms with Crippen molar-refractivity contribution in [3.05, 3.63) is 12.7 Å². The lowest BCUT2D eigenvalue weighted by Gasteiger charge is -2.18. The van der Waals surface area contributed by atoms with E-state index in [2.05, 4.69) is 18.4 Å². The predicted molar refractivity (Wildman–Crippen MR) is 45.1 cm³/mol. The highest BCUT2D eigenvalue weighted by molar-refractivity contribution is 4.84. The Morgan fingerprint density at radius 3 is 2.70 bits per heavy atom. The van der Waals surface area contributed by atoms with E-state index in [1.54, 1.807) is 0 Å². The van der Waals surface area contributed by atoms with Crippen LogP contribution in [0.25, 0.3) is 0 Å². The van der Waals surface area contributed by atoms with Crippen LogP contribution in [0.2, 0.25) is 0 Å². The third kappa shape index (κ3) is 2.14. The molecule has 1 nitrogen and oxygen atoms in total. The molecule has 58 valence electrons. The van der Waals surface area contributed by atoms with Gasteiger partial charge >= 0.3 is 0 Å². The first-order valence-corrected chi connectivity index (χ1v) is 4.23. The van der Waals surface area contributed by atoms with Crippen LogP contribution in [-0.4, -0.2) is 24.0 Å². The normalized spacial score (nSPS) is 17.8. The number of nitrogens with zero attached hydrogens (tertiary/aromatic N) is 1. The lowest BCUT2D eigenvalue weighted by atomic mass is 10.3. The molecule has 1 aliphatic rings. The zero-order valence-corrected chi connectivity index (χ0v) is 6.84. The van der Waals surface area contributed by atoms with E-state index in [1.165, 1.54) is 25.9 Å². The van der Waals surface area contributed by atoms with Crippen molar-refractivity contribution in [2.24, 2.45) is 0 Å². The molecule has 0 saturated heterocycles. The van der Waals surface area contributed by atoms with Crippen molar-refractivity contribution in [2.45, 2.75) is 32.2 Å². The summed E-state index contributed by atoms with van der Waals surface area (Å²) < 4.78 is 0. The molecule has 0 N–H and O–H groups in total. The summed E-state index contributed by atoms with van der Waals surface area (Å²) in [6, 6.07) is 0.921. The SMILES string of the molecule is C=CCCN(CC)C1CC1. The van der Waals surface area contributed by atoms with Gasteiger partial charge in [0.2, 0.25) is 0 Å². The van der Waals surface area contributed by atoms with Crippen LogP contribution in [0.1, 0.15) is 26.2 Å². The van der Waals surface area contributed by atoms with Crippen LogP contribution < -0.4 is 0 Å². The molecule has 0 aliphatic heterocycles. The summed E-state index contributed by atoms with van der Waals surface area (Å²) in [6.45, 7) is 8.38. The van der Waals surface area contributed by atoms with Crippen molar-refractivity contribution in [3.8, 4) is 0 Å². The van der Waals surface area contributed by atoms with Gasteiger partial charge in [-0.15, -0.1) is 6.58 Å². The highest BCUT2D eigenvalue weighted by Gasteiger charge is 2.26. The summed E-state index contributed by atoms with van der Waals surface area (Å²) >= 11 is 0. The molecule has 0 unspecified atom stereocenters. The van der Waals surface area contributed by atoms with Crippen LogP contribution in [0.3, 0.4) is 0 Å². The Balaban J connectivity index is 2.12. The third-order valence-electron chi connectivity index (χ3n) is 2.09. The van der Waals surface area contributed by atoms with Gasteiger partial charge in [0, 0.05) is 12.6 Å². The van der Waals surface area contributed by atoms with Crippen LogP contribution in [0, 0.1) is 0 Å². The molecule has 1 aliphatic carbocycles. The molecule has 0 bridgehead atoms. The number of hydrogen-bond acceptors (Lipinski definition) is 1. The van der Waals surface area contributed by atoms with Crippen molar-refractivity contribution in [1.29, 1.82) is 0 Å². The maximum absolute atomic E-state index is 3.72. The second-order valence-electron chi connectivity index (χ2n) is 2.94. The fourth-order valence-corrected chi connectivity index (χ4v) is 1.30. The molecule has 10 heavy (non-hydrogen) atoms. The summed E-state index contributed by atoms with van der Waals surface area (Å²) in [5.74, 6) is 0. The molecule has 0 aromatic rings. The summed E-state index contributed by atoms with van der Waals surface area (Å²) in [5.41, 5.74) is 0. The van der Waals surface area contributed by atoms with Gasteiger partial charge in [-0.1, -0.05) is 13.0 Å². The van der Waals surface area contributed by atoms with E-state index < -0.39 is 0 Å².